The largest absolute Gasteiger partial charge is 0.507 e. The molecule has 0 aromatic heterocycles. The van der Waals surface area contributed by atoms with Crippen molar-refractivity contribution in [3.8, 4) is 23.0 Å². The van der Waals surface area contributed by atoms with E-state index in [0.717, 1.165) is 38.1 Å². The van der Waals surface area contributed by atoms with Gasteiger partial charge in [0.2, 0.25) is 17.7 Å². The highest BCUT2D eigenvalue weighted by Crippen LogP contribution is 2.30. The van der Waals surface area contributed by atoms with Gasteiger partial charge in [-0.15, -0.1) is 0 Å². The first-order chi connectivity index (χ1) is 34.3. The molecular formula is C54H70IN4O11PS. The number of unbranched alkanes of at least 4 members (excludes halogenated alkanes) is 1. The van der Waals surface area contributed by atoms with Gasteiger partial charge in [0.15, 0.2) is 12.6 Å². The third kappa shape index (κ3) is 23.2. The molecule has 390 valence electrons. The second-order valence-corrected chi connectivity index (χ2v) is 18.3. The highest BCUT2D eigenvalue weighted by molar-refractivity contribution is 14.1. The van der Waals surface area contributed by atoms with Crippen LogP contribution in [-0.4, -0.2) is 114 Å². The predicted octanol–water partition coefficient (Wildman–Crippen LogP) is 9.08. The van der Waals surface area contributed by atoms with Gasteiger partial charge in [-0.2, -0.15) is 0 Å². The van der Waals surface area contributed by atoms with Crippen LogP contribution in [0.15, 0.2) is 127 Å². The Hall–Kier alpha value is -5.82. The van der Waals surface area contributed by atoms with Gasteiger partial charge in [0.25, 0.3) is 0 Å². The molecule has 3 atom stereocenters. The number of aliphatic hydroxyl groups excluding tert-OH is 2. The summed E-state index contributed by atoms with van der Waals surface area (Å²) in [5.41, 5.74) is 1.79. The fraction of sp³-hybridized carbons (Fsp3) is 0.352. The zero-order chi connectivity index (χ0) is 52.4. The van der Waals surface area contributed by atoms with Crippen molar-refractivity contribution in [1.82, 2.24) is 10.6 Å². The zero-order valence-electron chi connectivity index (χ0n) is 40.3. The van der Waals surface area contributed by atoms with E-state index >= 15 is 0 Å². The van der Waals surface area contributed by atoms with E-state index in [1.807, 2.05) is 92.6 Å². The lowest BCUT2D eigenvalue weighted by atomic mass is 10.2. The van der Waals surface area contributed by atoms with Gasteiger partial charge in [0.1, 0.15) is 29.6 Å². The van der Waals surface area contributed by atoms with Crippen LogP contribution in [0, 0.1) is 3.57 Å². The Morgan fingerprint density at radius 3 is 1.51 bits per heavy atom. The highest BCUT2D eigenvalue weighted by Gasteiger charge is 2.33. The number of nitrogens with one attached hydrogen (secondary N) is 2. The number of rotatable bonds is 12. The van der Waals surface area contributed by atoms with Crippen LogP contribution in [0.4, 0.5) is 11.4 Å². The Morgan fingerprint density at radius 1 is 0.694 bits per heavy atom. The number of phenols is 3. The van der Waals surface area contributed by atoms with Gasteiger partial charge in [-0.25, -0.2) is 0 Å². The number of aliphatic hydroxyl groups is 2. The average molecular weight is 1140 g/mol. The zero-order valence-corrected chi connectivity index (χ0v) is 44.2. The van der Waals surface area contributed by atoms with Gasteiger partial charge in [-0.05, 0) is 137 Å². The average Bonchev–Trinajstić information content (AvgIpc) is 4.11. The number of aromatic hydroxyl groups is 3. The summed E-state index contributed by atoms with van der Waals surface area (Å²) < 4.78 is 7.00. The molecule has 3 aliphatic rings. The first kappa shape index (κ1) is 64.2. The molecule has 7 N–H and O–H groups in total. The smallest absolute Gasteiger partial charge is 0.227 e. The minimum atomic E-state index is -0.199. The molecule has 8 rings (SSSR count). The van der Waals surface area contributed by atoms with E-state index in [0.29, 0.717) is 44.0 Å². The lowest BCUT2D eigenvalue weighted by Crippen LogP contribution is -2.37. The molecule has 5 aromatic rings. The molecule has 18 heteroatoms. The van der Waals surface area contributed by atoms with Gasteiger partial charge in [0.05, 0.1) is 42.5 Å². The lowest BCUT2D eigenvalue weighted by molar-refractivity contribution is -0.119. The minimum Gasteiger partial charge on any atom is -0.507 e. The molecule has 3 saturated heterocycles. The Labute approximate surface area is 444 Å². The van der Waals surface area contributed by atoms with E-state index in [-0.39, 0.29) is 91.5 Å². The maximum Gasteiger partial charge on any atom is 0.227 e. The number of aldehydes is 2. The summed E-state index contributed by atoms with van der Waals surface area (Å²) in [6.07, 6.45) is 7.40. The normalized spacial score (nSPS) is 16.0. The van der Waals surface area contributed by atoms with Gasteiger partial charge in [0, 0.05) is 34.2 Å². The number of amides is 3. The third-order valence-corrected chi connectivity index (χ3v) is 11.2. The third-order valence-electron chi connectivity index (χ3n) is 10.5. The number of hydrogen-bond donors (Lipinski definition) is 7. The molecule has 3 amide bonds. The van der Waals surface area contributed by atoms with Crippen LogP contribution in [0.3, 0.4) is 0 Å². The number of hydrogen-bond acceptors (Lipinski definition) is 13. The van der Waals surface area contributed by atoms with Crippen molar-refractivity contribution in [3.05, 3.63) is 142 Å². The van der Waals surface area contributed by atoms with Crippen molar-refractivity contribution in [1.29, 1.82) is 0 Å². The van der Waals surface area contributed by atoms with E-state index in [4.69, 9.17) is 25.2 Å². The van der Waals surface area contributed by atoms with E-state index in [1.165, 1.54) is 40.7 Å². The van der Waals surface area contributed by atoms with Crippen LogP contribution in [0.1, 0.15) is 86.4 Å². The van der Waals surface area contributed by atoms with Crippen molar-refractivity contribution >= 4 is 83.4 Å². The first-order valence-electron chi connectivity index (χ1n) is 23.0. The van der Waals surface area contributed by atoms with Crippen molar-refractivity contribution in [2.24, 2.45) is 0 Å². The molecule has 15 nitrogen and oxygen atoms in total. The predicted molar refractivity (Wildman–Crippen MR) is 298 cm³/mol. The van der Waals surface area contributed by atoms with E-state index in [1.54, 1.807) is 21.9 Å². The fourth-order valence-electron chi connectivity index (χ4n) is 6.91. The SMILES string of the molecule is C.CCCCNC.CP=S.Ic1ccccc1.O=C1CC[C@@H](CO)N1.O=C1CC[C@@H](CO)N1c1ccccc1.O=Cc1c(O)cccc1O.O=Cc1c(O)cccc1OC[C@@H]1CCC(=O)N1c1ccccc1. The molecule has 0 unspecified atom stereocenters. The Bertz CT molecular complexity index is 2310. The summed E-state index contributed by atoms with van der Waals surface area (Å²) in [5.74, 6) is 0.0490. The summed E-state index contributed by atoms with van der Waals surface area (Å²) >= 11 is 6.65. The van der Waals surface area contributed by atoms with Gasteiger partial charge < -0.3 is 50.7 Å². The van der Waals surface area contributed by atoms with Gasteiger partial charge in [-0.3, -0.25) is 24.0 Å². The molecule has 0 spiro atoms. The number of phenolic OH excluding ortho intramolecular Hbond substituents is 3. The second kappa shape index (κ2) is 37.9. The molecule has 72 heavy (non-hydrogen) atoms. The van der Waals surface area contributed by atoms with E-state index < -0.39 is 0 Å². The highest BCUT2D eigenvalue weighted by atomic mass is 127. The van der Waals surface area contributed by atoms with Gasteiger partial charge in [-0.1, -0.05) is 99.3 Å². The standard InChI is InChI=1S/C18H17NO4.C11H13NO2.C7H6O3.C6H5I.C5H9NO2.C5H13N.CH3PS.CH4/c20-11-15-16(21)7-4-8-17(15)23-12-14-9-10-18(22)19(14)13-5-2-1-3-6-13;13-8-10-6-7-11(14)12(10)9-4-2-1-3-5-9;8-4-5-6(9)2-1-3-7(5)10;7-6-4-2-1-3-5-6;7-3-4-1-2-5(8)6-4;1-3-4-5-6-2;1-2-3;/h1-8,11,14,21H,9-10,12H2;1-5,10,13H,6-8H2;1-4,9-10H;1-5H;4,7H,1-3H2,(H,6,8);6H,3-5H2,1-2H3;1H3;1H4/t14-;10-;;;4-;;;/m00..0.../s1. The first-order valence-corrected chi connectivity index (χ1v) is 26.5. The Morgan fingerprint density at radius 2 is 1.15 bits per heavy atom. The van der Waals surface area contributed by atoms with E-state index in [2.05, 4.69) is 64.1 Å². The van der Waals surface area contributed by atoms with Crippen molar-refractivity contribution in [2.45, 2.75) is 83.8 Å². The van der Waals surface area contributed by atoms with Crippen LogP contribution in [0.5, 0.6) is 23.0 Å². The molecule has 5 aromatic carbocycles. The minimum absolute atomic E-state index is 0. The van der Waals surface area contributed by atoms with E-state index in [9.17, 15) is 29.1 Å². The number of benzene rings is 5. The molecule has 3 fully saturated rings. The summed E-state index contributed by atoms with van der Waals surface area (Å²) in [5, 5.41) is 50.8. The molecule has 0 saturated carbocycles. The van der Waals surface area contributed by atoms with Crippen molar-refractivity contribution in [2.75, 3.05) is 49.9 Å². The molecule has 0 aliphatic carbocycles. The molecule has 0 bridgehead atoms. The van der Waals surface area contributed by atoms with Crippen LogP contribution in [-0.2, 0) is 26.2 Å². The maximum absolute atomic E-state index is 12.1. The molecule has 3 aliphatic heterocycles. The number of nitrogens with zero attached hydrogens (tertiary/aromatic N) is 2. The Balaban J connectivity index is 0.000000456. The summed E-state index contributed by atoms with van der Waals surface area (Å²) in [4.78, 5) is 58.7. The van der Waals surface area contributed by atoms with Crippen LogP contribution >= 0.6 is 29.9 Å². The van der Waals surface area contributed by atoms with Crippen LogP contribution in [0.25, 0.3) is 0 Å². The molecular weight excluding hydrogens is 1070 g/mol. The number of anilines is 2. The Kier molecular flexibility index (Phi) is 33.8. The second-order valence-electron chi connectivity index (χ2n) is 15.6. The lowest BCUT2D eigenvalue weighted by Gasteiger charge is -2.25. The quantitative estimate of drug-likeness (QED) is 0.0268. The number of halogens is 1. The monoisotopic (exact) mass is 1140 g/mol. The maximum atomic E-state index is 12.1. The summed E-state index contributed by atoms with van der Waals surface area (Å²) in [7, 11) is 2.98. The number of para-hydroxylation sites is 2. The topological polar surface area (TPSA) is 226 Å². The number of carbonyl (C=O) groups excluding carboxylic acids is 5. The summed E-state index contributed by atoms with van der Waals surface area (Å²) in [6.45, 7) is 5.65. The number of ether oxygens (including phenoxy) is 1. The molecule has 0 radical (unpaired) electrons. The molecule has 3 heterocycles. The summed E-state index contributed by atoms with van der Waals surface area (Å²) in [6, 6.07) is 37.9. The van der Waals surface area contributed by atoms with Gasteiger partial charge >= 0.3 is 0 Å². The van der Waals surface area contributed by atoms with Crippen LogP contribution in [0.2, 0.25) is 0 Å². The van der Waals surface area contributed by atoms with Crippen LogP contribution < -0.4 is 25.2 Å². The fourth-order valence-corrected chi connectivity index (χ4v) is 7.33. The van der Waals surface area contributed by atoms with Crippen molar-refractivity contribution in [3.63, 3.8) is 0 Å². The number of carbonyl (C=O) groups is 5. The van der Waals surface area contributed by atoms with Crippen molar-refractivity contribution < 1.29 is 54.2 Å².